The van der Waals surface area contributed by atoms with Crippen molar-refractivity contribution in [3.8, 4) is 16.9 Å². The number of hydrogen-bond donors (Lipinski definition) is 1. The fourth-order valence-corrected chi connectivity index (χ4v) is 3.45. The summed E-state index contributed by atoms with van der Waals surface area (Å²) >= 11 is 6.33. The average molecular weight is 424 g/mol. The van der Waals surface area contributed by atoms with Crippen molar-refractivity contribution in [3.05, 3.63) is 71.9 Å². The summed E-state index contributed by atoms with van der Waals surface area (Å²) in [6, 6.07) is 19.2. The van der Waals surface area contributed by atoms with Gasteiger partial charge < -0.3 is 19.7 Å². The molecule has 1 amide bonds. The number of carbonyl (C=O) groups excluding carboxylic acids is 1. The first-order chi connectivity index (χ1) is 14.7. The molecule has 154 valence electrons. The Balaban J connectivity index is 1.31. The minimum absolute atomic E-state index is 0.155. The zero-order valence-corrected chi connectivity index (χ0v) is 17.1. The SMILES string of the molecule is O=C(COc1ccc(-c2ccccc2)cc1Cl)Nc1ccc(N2CCOCC2)cn1. The third-order valence-electron chi connectivity index (χ3n) is 4.79. The predicted octanol–water partition coefficient (Wildman–Crippen LogP) is 4.26. The molecule has 3 aromatic rings. The maximum Gasteiger partial charge on any atom is 0.263 e. The van der Waals surface area contributed by atoms with Crippen LogP contribution in [0.1, 0.15) is 0 Å². The number of pyridine rings is 1. The first-order valence-corrected chi connectivity index (χ1v) is 10.1. The molecule has 1 aliphatic rings. The zero-order valence-electron chi connectivity index (χ0n) is 16.4. The minimum Gasteiger partial charge on any atom is -0.482 e. The number of halogens is 1. The quantitative estimate of drug-likeness (QED) is 0.642. The molecule has 1 saturated heterocycles. The smallest absolute Gasteiger partial charge is 0.263 e. The highest BCUT2D eigenvalue weighted by Gasteiger charge is 2.12. The number of rotatable bonds is 6. The molecule has 2 aromatic carbocycles. The van der Waals surface area contributed by atoms with Gasteiger partial charge in [0.1, 0.15) is 11.6 Å². The van der Waals surface area contributed by atoms with Crippen molar-refractivity contribution in [3.63, 3.8) is 0 Å². The van der Waals surface area contributed by atoms with Crippen LogP contribution < -0.4 is 15.0 Å². The molecule has 0 atom stereocenters. The fraction of sp³-hybridized carbons (Fsp3) is 0.217. The molecule has 1 N–H and O–H groups in total. The summed E-state index contributed by atoms with van der Waals surface area (Å²) in [7, 11) is 0. The van der Waals surface area contributed by atoms with Crippen LogP contribution in [0.25, 0.3) is 11.1 Å². The van der Waals surface area contributed by atoms with Crippen LogP contribution in [0.2, 0.25) is 5.02 Å². The molecule has 4 rings (SSSR count). The third-order valence-corrected chi connectivity index (χ3v) is 5.08. The number of nitrogens with zero attached hydrogens (tertiary/aromatic N) is 2. The molecule has 0 bridgehead atoms. The molecular formula is C23H22ClN3O3. The third kappa shape index (κ3) is 5.09. The second-order valence-corrected chi connectivity index (χ2v) is 7.26. The molecule has 0 radical (unpaired) electrons. The standard InChI is InChI=1S/C23H22ClN3O3/c24-20-14-18(17-4-2-1-3-5-17)6-8-21(20)30-16-23(28)26-22-9-7-19(15-25-22)27-10-12-29-13-11-27/h1-9,14-15H,10-13,16H2,(H,25,26,28). The molecule has 0 unspecified atom stereocenters. The van der Waals surface area contributed by atoms with Crippen LogP contribution >= 0.6 is 11.6 Å². The van der Waals surface area contributed by atoms with Crippen LogP contribution in [-0.4, -0.2) is 43.8 Å². The van der Waals surface area contributed by atoms with Crippen molar-refractivity contribution in [1.82, 2.24) is 4.98 Å². The molecule has 1 aliphatic heterocycles. The molecule has 0 saturated carbocycles. The number of aromatic nitrogens is 1. The van der Waals surface area contributed by atoms with E-state index in [0.717, 1.165) is 29.9 Å². The van der Waals surface area contributed by atoms with Gasteiger partial charge in [-0.2, -0.15) is 0 Å². The Morgan fingerprint density at radius 3 is 2.57 bits per heavy atom. The summed E-state index contributed by atoms with van der Waals surface area (Å²) in [5.74, 6) is 0.637. The van der Waals surface area contributed by atoms with E-state index in [4.69, 9.17) is 21.1 Å². The fourth-order valence-electron chi connectivity index (χ4n) is 3.22. The summed E-state index contributed by atoms with van der Waals surface area (Å²) in [5.41, 5.74) is 3.06. The van der Waals surface area contributed by atoms with Gasteiger partial charge in [-0.1, -0.05) is 48.0 Å². The molecule has 1 fully saturated rings. The molecule has 6 nitrogen and oxygen atoms in total. The van der Waals surface area contributed by atoms with Gasteiger partial charge in [-0.3, -0.25) is 4.79 Å². The van der Waals surface area contributed by atoms with Gasteiger partial charge in [-0.25, -0.2) is 4.98 Å². The number of morpholine rings is 1. The number of anilines is 2. The van der Waals surface area contributed by atoms with Crippen molar-refractivity contribution in [2.24, 2.45) is 0 Å². The van der Waals surface area contributed by atoms with E-state index in [1.807, 2.05) is 48.5 Å². The summed E-state index contributed by atoms with van der Waals surface area (Å²) in [4.78, 5) is 18.7. The molecular weight excluding hydrogens is 402 g/mol. The number of nitrogens with one attached hydrogen (secondary N) is 1. The van der Waals surface area contributed by atoms with Crippen molar-refractivity contribution >= 4 is 29.0 Å². The van der Waals surface area contributed by atoms with E-state index >= 15 is 0 Å². The van der Waals surface area contributed by atoms with Gasteiger partial charge in [0, 0.05) is 13.1 Å². The maximum absolute atomic E-state index is 12.2. The number of hydrogen-bond acceptors (Lipinski definition) is 5. The highest BCUT2D eigenvalue weighted by atomic mass is 35.5. The van der Waals surface area contributed by atoms with E-state index in [9.17, 15) is 4.79 Å². The Labute approximate surface area is 180 Å². The molecule has 2 heterocycles. The van der Waals surface area contributed by atoms with Gasteiger partial charge in [0.05, 0.1) is 30.1 Å². The predicted molar refractivity (Wildman–Crippen MR) is 118 cm³/mol. The first kappa shape index (κ1) is 20.2. The van der Waals surface area contributed by atoms with Crippen molar-refractivity contribution in [2.75, 3.05) is 43.1 Å². The lowest BCUT2D eigenvalue weighted by Crippen LogP contribution is -2.36. The van der Waals surface area contributed by atoms with Gasteiger partial charge in [0.15, 0.2) is 6.61 Å². The van der Waals surface area contributed by atoms with Crippen LogP contribution in [0.15, 0.2) is 66.9 Å². The average Bonchev–Trinajstić information content (AvgIpc) is 2.80. The van der Waals surface area contributed by atoms with Gasteiger partial charge in [-0.15, -0.1) is 0 Å². The van der Waals surface area contributed by atoms with Crippen molar-refractivity contribution in [2.45, 2.75) is 0 Å². The number of ether oxygens (including phenoxy) is 2. The van der Waals surface area contributed by atoms with Crippen molar-refractivity contribution in [1.29, 1.82) is 0 Å². The number of amides is 1. The van der Waals surface area contributed by atoms with Crippen LogP contribution in [0.4, 0.5) is 11.5 Å². The molecule has 0 spiro atoms. The van der Waals surface area contributed by atoms with E-state index in [0.29, 0.717) is 29.8 Å². The minimum atomic E-state index is -0.301. The molecule has 1 aromatic heterocycles. The highest BCUT2D eigenvalue weighted by molar-refractivity contribution is 6.32. The lowest BCUT2D eigenvalue weighted by atomic mass is 10.1. The summed E-state index contributed by atoms with van der Waals surface area (Å²) in [6.45, 7) is 2.95. The van der Waals surface area contributed by atoms with Gasteiger partial charge in [-0.05, 0) is 35.4 Å². The Morgan fingerprint density at radius 2 is 1.87 bits per heavy atom. The summed E-state index contributed by atoms with van der Waals surface area (Å²) in [5, 5.41) is 3.19. The maximum atomic E-state index is 12.2. The van der Waals surface area contributed by atoms with E-state index in [1.54, 1.807) is 18.3 Å². The largest absolute Gasteiger partial charge is 0.482 e. The van der Waals surface area contributed by atoms with Gasteiger partial charge in [0.25, 0.3) is 5.91 Å². The summed E-state index contributed by atoms with van der Waals surface area (Å²) < 4.78 is 10.9. The Hall–Kier alpha value is -3.09. The lowest BCUT2D eigenvalue weighted by molar-refractivity contribution is -0.118. The highest BCUT2D eigenvalue weighted by Crippen LogP contribution is 2.30. The monoisotopic (exact) mass is 423 g/mol. The lowest BCUT2D eigenvalue weighted by Gasteiger charge is -2.28. The topological polar surface area (TPSA) is 63.7 Å². The Kier molecular flexibility index (Phi) is 6.47. The van der Waals surface area contributed by atoms with E-state index < -0.39 is 0 Å². The number of carbonyl (C=O) groups is 1. The molecule has 7 heteroatoms. The van der Waals surface area contributed by atoms with Crippen LogP contribution in [0.5, 0.6) is 5.75 Å². The van der Waals surface area contributed by atoms with Gasteiger partial charge in [0.2, 0.25) is 0 Å². The van der Waals surface area contributed by atoms with Crippen LogP contribution in [0.3, 0.4) is 0 Å². The van der Waals surface area contributed by atoms with Crippen molar-refractivity contribution < 1.29 is 14.3 Å². The Morgan fingerprint density at radius 1 is 1.07 bits per heavy atom. The van der Waals surface area contributed by atoms with E-state index in [2.05, 4.69) is 15.2 Å². The number of benzene rings is 2. The normalized spacial score (nSPS) is 13.7. The van der Waals surface area contributed by atoms with Crippen LogP contribution in [0, 0.1) is 0 Å². The van der Waals surface area contributed by atoms with Gasteiger partial charge >= 0.3 is 0 Å². The van der Waals surface area contributed by atoms with Crippen LogP contribution in [-0.2, 0) is 9.53 Å². The van der Waals surface area contributed by atoms with E-state index in [-0.39, 0.29) is 12.5 Å². The second kappa shape index (κ2) is 9.61. The molecule has 30 heavy (non-hydrogen) atoms. The zero-order chi connectivity index (χ0) is 20.8. The Bertz CT molecular complexity index is 990. The first-order valence-electron chi connectivity index (χ1n) is 9.75. The summed E-state index contributed by atoms with van der Waals surface area (Å²) in [6.07, 6.45) is 1.75. The molecule has 0 aliphatic carbocycles. The van der Waals surface area contributed by atoms with E-state index in [1.165, 1.54) is 0 Å². The second-order valence-electron chi connectivity index (χ2n) is 6.85.